The van der Waals surface area contributed by atoms with Crippen LogP contribution in [0.4, 0.5) is 0 Å². The van der Waals surface area contributed by atoms with E-state index in [1.165, 1.54) is 16.7 Å². The summed E-state index contributed by atoms with van der Waals surface area (Å²) in [5, 5.41) is 0. The predicted octanol–water partition coefficient (Wildman–Crippen LogP) is 7.57. The van der Waals surface area contributed by atoms with Gasteiger partial charge in [-0.3, -0.25) is 0 Å². The van der Waals surface area contributed by atoms with Gasteiger partial charge in [0, 0.05) is 5.56 Å². The lowest BCUT2D eigenvalue weighted by Crippen LogP contribution is -1.86. The molecule has 0 fully saturated rings. The monoisotopic (exact) mass is 362 g/mol. The van der Waals surface area contributed by atoms with Crippen LogP contribution in [0, 0.1) is 0 Å². The van der Waals surface area contributed by atoms with Gasteiger partial charge in [-0.2, -0.15) is 0 Å². The van der Waals surface area contributed by atoms with E-state index in [4.69, 9.17) is 4.42 Å². The Morgan fingerprint density at radius 3 is 2.39 bits per heavy atom. The minimum atomic E-state index is 0.841. The van der Waals surface area contributed by atoms with Gasteiger partial charge in [0.15, 0.2) is 0 Å². The standard InChI is InChI=1S/C27H22O/c1-2-7-16-23(15-6-1)25-18-10-11-19-26(25)27-21-20-24(28-27)17-9-8-14-22-12-4-3-5-13-22/h1,3-21H,2H2/b14-8+,17-9+. The molecule has 1 heterocycles. The maximum absolute atomic E-state index is 6.09. The van der Waals surface area contributed by atoms with Crippen LogP contribution in [0.2, 0.25) is 0 Å². The SMILES string of the molecule is C1=CCC=CC(c2ccccc2-c2ccc(/C=C/C=C/c3ccccc3)o2)=C1. The van der Waals surface area contributed by atoms with Crippen LogP contribution in [0.15, 0.2) is 114 Å². The molecule has 0 saturated heterocycles. The van der Waals surface area contributed by atoms with Gasteiger partial charge in [0.2, 0.25) is 0 Å². The maximum Gasteiger partial charge on any atom is 0.135 e. The summed E-state index contributed by atoms with van der Waals surface area (Å²) >= 11 is 0. The molecule has 0 saturated carbocycles. The Bertz CT molecular complexity index is 1070. The lowest BCUT2D eigenvalue weighted by atomic mass is 9.97. The molecule has 1 aromatic heterocycles. The molecule has 136 valence electrons. The Balaban J connectivity index is 1.55. The number of allylic oxidation sites excluding steroid dienone is 8. The molecule has 0 radical (unpaired) electrons. The number of hydrogen-bond acceptors (Lipinski definition) is 1. The van der Waals surface area contributed by atoms with Crippen molar-refractivity contribution >= 4 is 17.7 Å². The molecule has 3 aromatic rings. The van der Waals surface area contributed by atoms with Crippen molar-refractivity contribution in [3.05, 3.63) is 126 Å². The van der Waals surface area contributed by atoms with Crippen molar-refractivity contribution < 1.29 is 4.42 Å². The Morgan fingerprint density at radius 2 is 1.50 bits per heavy atom. The molecule has 0 amide bonds. The van der Waals surface area contributed by atoms with E-state index in [0.717, 1.165) is 23.5 Å². The molecule has 0 unspecified atom stereocenters. The summed E-state index contributed by atoms with van der Waals surface area (Å²) < 4.78 is 6.09. The van der Waals surface area contributed by atoms with Crippen molar-refractivity contribution in [3.63, 3.8) is 0 Å². The van der Waals surface area contributed by atoms with Gasteiger partial charge < -0.3 is 4.42 Å². The highest BCUT2D eigenvalue weighted by atomic mass is 16.3. The fourth-order valence-electron chi connectivity index (χ4n) is 3.18. The first-order chi connectivity index (χ1) is 13.9. The van der Waals surface area contributed by atoms with E-state index in [1.807, 2.05) is 48.6 Å². The van der Waals surface area contributed by atoms with Gasteiger partial charge in [0.1, 0.15) is 11.5 Å². The fraction of sp³-hybridized carbons (Fsp3) is 0.0370. The normalized spacial score (nSPS) is 13.9. The van der Waals surface area contributed by atoms with E-state index in [9.17, 15) is 0 Å². The highest BCUT2D eigenvalue weighted by molar-refractivity contribution is 5.85. The molecular weight excluding hydrogens is 340 g/mol. The summed E-state index contributed by atoms with van der Waals surface area (Å²) in [6.07, 6.45) is 19.8. The van der Waals surface area contributed by atoms with Crippen LogP contribution >= 0.6 is 0 Å². The van der Waals surface area contributed by atoms with Crippen LogP contribution < -0.4 is 0 Å². The Kier molecular flexibility index (Phi) is 5.65. The predicted molar refractivity (Wildman–Crippen MR) is 120 cm³/mol. The first kappa shape index (κ1) is 17.8. The first-order valence-electron chi connectivity index (χ1n) is 9.53. The minimum Gasteiger partial charge on any atom is -0.457 e. The van der Waals surface area contributed by atoms with Crippen molar-refractivity contribution in [1.29, 1.82) is 0 Å². The fourth-order valence-corrected chi connectivity index (χ4v) is 3.18. The van der Waals surface area contributed by atoms with Crippen LogP contribution in [-0.4, -0.2) is 0 Å². The average molecular weight is 362 g/mol. The molecule has 1 aliphatic rings. The topological polar surface area (TPSA) is 13.1 Å². The van der Waals surface area contributed by atoms with Gasteiger partial charge in [0.05, 0.1) is 0 Å². The Morgan fingerprint density at radius 1 is 0.714 bits per heavy atom. The van der Waals surface area contributed by atoms with E-state index < -0.39 is 0 Å². The van der Waals surface area contributed by atoms with E-state index in [0.29, 0.717) is 0 Å². The molecule has 4 rings (SSSR count). The van der Waals surface area contributed by atoms with E-state index in [-0.39, 0.29) is 0 Å². The minimum absolute atomic E-state index is 0.841. The third kappa shape index (κ3) is 4.39. The van der Waals surface area contributed by atoms with Crippen molar-refractivity contribution in [1.82, 2.24) is 0 Å². The number of furan rings is 1. The van der Waals surface area contributed by atoms with Gasteiger partial charge in [-0.1, -0.05) is 103 Å². The second-order valence-electron chi connectivity index (χ2n) is 6.56. The van der Waals surface area contributed by atoms with Gasteiger partial charge in [-0.25, -0.2) is 0 Å². The summed E-state index contributed by atoms with van der Waals surface area (Å²) in [6.45, 7) is 0. The third-order valence-corrected chi connectivity index (χ3v) is 4.57. The van der Waals surface area contributed by atoms with Crippen LogP contribution in [-0.2, 0) is 0 Å². The van der Waals surface area contributed by atoms with Gasteiger partial charge in [-0.05, 0) is 41.3 Å². The molecule has 2 aromatic carbocycles. The molecule has 1 heteroatoms. The summed E-state index contributed by atoms with van der Waals surface area (Å²) in [4.78, 5) is 0. The highest BCUT2D eigenvalue weighted by Crippen LogP contribution is 2.32. The third-order valence-electron chi connectivity index (χ3n) is 4.57. The maximum atomic E-state index is 6.09. The summed E-state index contributed by atoms with van der Waals surface area (Å²) in [6, 6.07) is 22.7. The zero-order valence-corrected chi connectivity index (χ0v) is 15.7. The second kappa shape index (κ2) is 8.88. The number of benzene rings is 2. The Labute approximate surface area is 166 Å². The van der Waals surface area contributed by atoms with Gasteiger partial charge in [-0.15, -0.1) is 0 Å². The average Bonchev–Trinajstić information content (AvgIpc) is 3.05. The molecule has 0 spiro atoms. The van der Waals surface area contributed by atoms with Crippen molar-refractivity contribution in [2.45, 2.75) is 6.42 Å². The second-order valence-corrected chi connectivity index (χ2v) is 6.56. The first-order valence-corrected chi connectivity index (χ1v) is 9.53. The largest absolute Gasteiger partial charge is 0.457 e. The zero-order chi connectivity index (χ0) is 19.0. The molecule has 0 N–H and O–H groups in total. The van der Waals surface area contributed by atoms with Crippen molar-refractivity contribution in [3.8, 4) is 11.3 Å². The highest BCUT2D eigenvalue weighted by Gasteiger charge is 2.10. The molecule has 0 bridgehead atoms. The summed E-state index contributed by atoms with van der Waals surface area (Å²) in [5.74, 6) is 1.72. The summed E-state index contributed by atoms with van der Waals surface area (Å²) in [7, 11) is 0. The molecule has 1 aliphatic carbocycles. The van der Waals surface area contributed by atoms with Crippen LogP contribution in [0.25, 0.3) is 29.0 Å². The van der Waals surface area contributed by atoms with E-state index in [1.54, 1.807) is 0 Å². The van der Waals surface area contributed by atoms with Crippen LogP contribution in [0.3, 0.4) is 0 Å². The zero-order valence-electron chi connectivity index (χ0n) is 15.7. The number of rotatable bonds is 5. The molecule has 28 heavy (non-hydrogen) atoms. The van der Waals surface area contributed by atoms with E-state index in [2.05, 4.69) is 72.9 Å². The smallest absolute Gasteiger partial charge is 0.135 e. The van der Waals surface area contributed by atoms with Gasteiger partial charge in [0.25, 0.3) is 0 Å². The quantitative estimate of drug-likeness (QED) is 0.426. The Hall–Kier alpha value is -3.58. The lowest BCUT2D eigenvalue weighted by Gasteiger charge is -2.08. The van der Waals surface area contributed by atoms with Crippen LogP contribution in [0.1, 0.15) is 23.3 Å². The summed E-state index contributed by atoms with van der Waals surface area (Å²) in [5.41, 5.74) is 4.66. The lowest BCUT2D eigenvalue weighted by molar-refractivity contribution is 0.571. The number of hydrogen-bond donors (Lipinski definition) is 0. The van der Waals surface area contributed by atoms with Crippen molar-refractivity contribution in [2.24, 2.45) is 0 Å². The molecular formula is C27H22O. The van der Waals surface area contributed by atoms with Gasteiger partial charge >= 0.3 is 0 Å². The molecule has 0 atom stereocenters. The molecule has 0 aliphatic heterocycles. The molecule has 1 nitrogen and oxygen atoms in total. The van der Waals surface area contributed by atoms with Crippen LogP contribution in [0.5, 0.6) is 0 Å². The van der Waals surface area contributed by atoms with Crippen molar-refractivity contribution in [2.75, 3.05) is 0 Å². The van der Waals surface area contributed by atoms with E-state index >= 15 is 0 Å².